The Morgan fingerprint density at radius 1 is 1.12 bits per heavy atom. The molecule has 0 bridgehead atoms. The number of hydrogen-bond acceptors (Lipinski definition) is 3. The van der Waals surface area contributed by atoms with Crippen molar-refractivity contribution < 1.29 is 14.0 Å². The van der Waals surface area contributed by atoms with Gasteiger partial charge in [0.2, 0.25) is 11.8 Å². The number of fused-ring (bicyclic) bond motifs is 1. The van der Waals surface area contributed by atoms with Crippen LogP contribution in [-0.2, 0) is 29.1 Å². The summed E-state index contributed by atoms with van der Waals surface area (Å²) in [5, 5.41) is 2.85. The zero-order valence-corrected chi connectivity index (χ0v) is 13.4. The number of nitrogens with zero attached hydrogens (tertiary/aromatic N) is 1. The van der Waals surface area contributed by atoms with Gasteiger partial charge < -0.3 is 14.6 Å². The molecule has 4 rings (SSSR count). The first-order chi connectivity index (χ1) is 11.7. The van der Waals surface area contributed by atoms with Crippen LogP contribution in [0.2, 0.25) is 0 Å². The van der Waals surface area contributed by atoms with Crippen molar-refractivity contribution >= 4 is 11.8 Å². The highest BCUT2D eigenvalue weighted by Gasteiger charge is 2.49. The first-order valence-corrected chi connectivity index (χ1v) is 8.38. The van der Waals surface area contributed by atoms with Gasteiger partial charge in [0.1, 0.15) is 5.76 Å². The van der Waals surface area contributed by atoms with Gasteiger partial charge in [0, 0.05) is 13.1 Å². The topological polar surface area (TPSA) is 62.6 Å². The van der Waals surface area contributed by atoms with Gasteiger partial charge in [-0.2, -0.15) is 0 Å². The van der Waals surface area contributed by atoms with Crippen LogP contribution in [-0.4, -0.2) is 23.3 Å². The van der Waals surface area contributed by atoms with E-state index in [2.05, 4.69) is 17.4 Å². The number of rotatable bonds is 4. The van der Waals surface area contributed by atoms with Crippen molar-refractivity contribution in [3.05, 3.63) is 59.5 Å². The van der Waals surface area contributed by atoms with Gasteiger partial charge in [0.15, 0.2) is 0 Å². The number of carbonyl (C=O) groups excluding carboxylic acids is 2. The molecule has 24 heavy (non-hydrogen) atoms. The number of furan rings is 1. The van der Waals surface area contributed by atoms with Crippen molar-refractivity contribution in [2.45, 2.75) is 25.9 Å². The van der Waals surface area contributed by atoms with E-state index in [1.54, 1.807) is 12.3 Å². The van der Waals surface area contributed by atoms with Crippen molar-refractivity contribution in [1.29, 1.82) is 0 Å². The minimum atomic E-state index is -0.190. The Hall–Kier alpha value is -2.56. The largest absolute Gasteiger partial charge is 0.467 e. The van der Waals surface area contributed by atoms with E-state index in [0.717, 1.165) is 18.7 Å². The predicted octanol–water partition coefficient (Wildman–Crippen LogP) is 2.12. The average Bonchev–Trinajstić information content (AvgIpc) is 3.25. The Balaban J connectivity index is 1.31. The molecule has 1 aromatic carbocycles. The first-order valence-electron chi connectivity index (χ1n) is 8.38. The van der Waals surface area contributed by atoms with E-state index in [-0.39, 0.29) is 23.7 Å². The van der Waals surface area contributed by atoms with E-state index < -0.39 is 0 Å². The summed E-state index contributed by atoms with van der Waals surface area (Å²) >= 11 is 0. The molecule has 2 heterocycles. The standard InChI is InChI=1S/C19H20N2O3/c22-18(20-11-15-6-3-9-24-15)16-10-17(16)19(23)21-8-7-13-4-1-2-5-14(13)12-21/h1-6,9,16-17H,7-8,10-12H2,(H,20,22). The molecule has 1 aliphatic carbocycles. The van der Waals surface area contributed by atoms with Crippen molar-refractivity contribution in [3.63, 3.8) is 0 Å². The molecule has 5 nitrogen and oxygen atoms in total. The molecule has 0 radical (unpaired) electrons. The molecule has 124 valence electrons. The van der Waals surface area contributed by atoms with Crippen LogP contribution in [0.15, 0.2) is 47.1 Å². The van der Waals surface area contributed by atoms with Crippen LogP contribution in [0.1, 0.15) is 23.3 Å². The van der Waals surface area contributed by atoms with E-state index in [9.17, 15) is 9.59 Å². The van der Waals surface area contributed by atoms with E-state index in [1.165, 1.54) is 11.1 Å². The Labute approximate surface area is 140 Å². The first kappa shape index (κ1) is 15.0. The van der Waals surface area contributed by atoms with Crippen LogP contribution in [0.4, 0.5) is 0 Å². The molecule has 5 heteroatoms. The highest BCUT2D eigenvalue weighted by Crippen LogP contribution is 2.41. The van der Waals surface area contributed by atoms with Crippen LogP contribution in [0.25, 0.3) is 0 Å². The normalized spacial score (nSPS) is 21.9. The van der Waals surface area contributed by atoms with Gasteiger partial charge in [-0.25, -0.2) is 0 Å². The summed E-state index contributed by atoms with van der Waals surface area (Å²) in [7, 11) is 0. The fraction of sp³-hybridized carbons (Fsp3) is 0.368. The van der Waals surface area contributed by atoms with Gasteiger partial charge in [0.05, 0.1) is 24.6 Å². The van der Waals surface area contributed by atoms with Crippen molar-refractivity contribution in [3.8, 4) is 0 Å². The quantitative estimate of drug-likeness (QED) is 0.937. The molecule has 0 saturated heterocycles. The van der Waals surface area contributed by atoms with Crippen LogP contribution in [0.5, 0.6) is 0 Å². The Bertz CT molecular complexity index is 754. The zero-order chi connectivity index (χ0) is 16.5. The van der Waals surface area contributed by atoms with Gasteiger partial charge in [-0.15, -0.1) is 0 Å². The summed E-state index contributed by atoms with van der Waals surface area (Å²) in [6.07, 6.45) is 3.13. The number of carbonyl (C=O) groups is 2. The van der Waals surface area contributed by atoms with Crippen molar-refractivity contribution in [2.24, 2.45) is 11.8 Å². The molecular formula is C19H20N2O3. The van der Waals surface area contributed by atoms with Crippen LogP contribution in [0, 0.1) is 11.8 Å². The number of hydrogen-bond donors (Lipinski definition) is 1. The van der Waals surface area contributed by atoms with Crippen molar-refractivity contribution in [2.75, 3.05) is 6.54 Å². The van der Waals surface area contributed by atoms with Crippen LogP contribution < -0.4 is 5.32 Å². The van der Waals surface area contributed by atoms with E-state index in [4.69, 9.17) is 4.42 Å². The van der Waals surface area contributed by atoms with Crippen LogP contribution in [0.3, 0.4) is 0 Å². The lowest BCUT2D eigenvalue weighted by molar-refractivity contribution is -0.135. The Morgan fingerprint density at radius 2 is 1.96 bits per heavy atom. The average molecular weight is 324 g/mol. The molecule has 1 N–H and O–H groups in total. The Morgan fingerprint density at radius 3 is 2.75 bits per heavy atom. The second-order valence-corrected chi connectivity index (χ2v) is 6.52. The third-order valence-corrected chi connectivity index (χ3v) is 4.90. The molecule has 2 aromatic rings. The lowest BCUT2D eigenvalue weighted by Crippen LogP contribution is -2.38. The van der Waals surface area contributed by atoms with E-state index in [0.29, 0.717) is 19.5 Å². The SMILES string of the molecule is O=C(NCc1ccco1)C1CC1C(=O)N1CCc2ccccc2C1. The fourth-order valence-corrected chi connectivity index (χ4v) is 3.39. The highest BCUT2D eigenvalue weighted by molar-refractivity contribution is 5.92. The minimum Gasteiger partial charge on any atom is -0.467 e. The van der Waals surface area contributed by atoms with E-state index >= 15 is 0 Å². The minimum absolute atomic E-state index is 0.0536. The molecule has 1 saturated carbocycles. The van der Waals surface area contributed by atoms with Crippen LogP contribution >= 0.6 is 0 Å². The van der Waals surface area contributed by atoms with Gasteiger partial charge >= 0.3 is 0 Å². The summed E-state index contributed by atoms with van der Waals surface area (Å²) in [6, 6.07) is 11.9. The summed E-state index contributed by atoms with van der Waals surface area (Å²) in [5.41, 5.74) is 2.54. The van der Waals surface area contributed by atoms with Gasteiger partial charge in [-0.3, -0.25) is 9.59 Å². The number of amides is 2. The van der Waals surface area contributed by atoms with Gasteiger partial charge in [-0.05, 0) is 36.1 Å². The maximum Gasteiger partial charge on any atom is 0.226 e. The third kappa shape index (κ3) is 2.94. The second-order valence-electron chi connectivity index (χ2n) is 6.52. The third-order valence-electron chi connectivity index (χ3n) is 4.90. The molecule has 1 aliphatic heterocycles. The number of nitrogens with one attached hydrogen (secondary N) is 1. The maximum absolute atomic E-state index is 12.6. The monoisotopic (exact) mass is 324 g/mol. The zero-order valence-electron chi connectivity index (χ0n) is 13.4. The predicted molar refractivity (Wildman–Crippen MR) is 87.7 cm³/mol. The lowest BCUT2D eigenvalue weighted by Gasteiger charge is -2.29. The highest BCUT2D eigenvalue weighted by atomic mass is 16.3. The van der Waals surface area contributed by atoms with Crippen molar-refractivity contribution in [1.82, 2.24) is 10.2 Å². The molecule has 1 fully saturated rings. The van der Waals surface area contributed by atoms with Gasteiger partial charge in [-0.1, -0.05) is 24.3 Å². The maximum atomic E-state index is 12.6. The summed E-state index contributed by atoms with van der Waals surface area (Å²) < 4.78 is 5.20. The molecular weight excluding hydrogens is 304 g/mol. The fourth-order valence-electron chi connectivity index (χ4n) is 3.39. The molecule has 0 spiro atoms. The summed E-state index contributed by atoms with van der Waals surface area (Å²) in [5.74, 6) is 0.431. The lowest BCUT2D eigenvalue weighted by atomic mass is 9.99. The van der Waals surface area contributed by atoms with Gasteiger partial charge in [0.25, 0.3) is 0 Å². The van der Waals surface area contributed by atoms with E-state index in [1.807, 2.05) is 23.1 Å². The molecule has 2 amide bonds. The molecule has 2 atom stereocenters. The number of benzene rings is 1. The molecule has 2 aliphatic rings. The second kappa shape index (κ2) is 6.15. The summed E-state index contributed by atoms with van der Waals surface area (Å²) in [6.45, 7) is 1.78. The Kier molecular flexibility index (Phi) is 3.84. The molecule has 2 unspecified atom stereocenters. The molecule has 1 aromatic heterocycles. The smallest absolute Gasteiger partial charge is 0.226 e. The summed E-state index contributed by atoms with van der Waals surface area (Å²) in [4.78, 5) is 26.7.